The molecule has 0 bridgehead atoms. The first-order valence-corrected chi connectivity index (χ1v) is 11.1. The Kier molecular flexibility index (Phi) is 7.90. The van der Waals surface area contributed by atoms with Crippen LogP contribution in [0.1, 0.15) is 31.2 Å². The number of carbonyl (C=O) groups is 2. The second-order valence-corrected chi connectivity index (χ2v) is 8.87. The molecule has 5 nitrogen and oxygen atoms in total. The number of halogens is 1. The number of nitrogens with zero attached hydrogens (tertiary/aromatic N) is 1. The van der Waals surface area contributed by atoms with Gasteiger partial charge in [-0.1, -0.05) is 60.2 Å². The van der Waals surface area contributed by atoms with E-state index in [4.69, 9.17) is 23.8 Å². The highest BCUT2D eigenvalue weighted by Gasteiger charge is 2.31. The molecule has 0 atom stereocenters. The van der Waals surface area contributed by atoms with Gasteiger partial charge in [-0.3, -0.25) is 14.5 Å². The summed E-state index contributed by atoms with van der Waals surface area (Å²) in [5.41, 5.74) is 1.27. The summed E-state index contributed by atoms with van der Waals surface area (Å²) in [5, 5.41) is 13.3. The molecule has 2 N–H and O–H groups in total. The van der Waals surface area contributed by atoms with E-state index in [2.05, 4.69) is 5.32 Å². The zero-order chi connectivity index (χ0) is 21.5. The van der Waals surface area contributed by atoms with E-state index in [1.54, 1.807) is 23.1 Å². The van der Waals surface area contributed by atoms with Crippen LogP contribution >= 0.6 is 35.6 Å². The van der Waals surface area contributed by atoms with Crippen LogP contribution in [0.15, 0.2) is 53.4 Å². The number of benzene rings is 2. The van der Waals surface area contributed by atoms with E-state index in [-0.39, 0.29) is 17.6 Å². The Hall–Kier alpha value is -2.35. The Labute approximate surface area is 190 Å². The number of rotatable bonds is 8. The number of phenolic OH excluding ortho intramolecular Hbond substituents is 1. The number of anilines is 1. The number of nitrogens with one attached hydrogen (secondary N) is 1. The minimum atomic E-state index is -0.175. The number of phenols is 1. The minimum absolute atomic E-state index is 0.0175. The maximum absolute atomic E-state index is 12.7. The standard InChI is InChI=1S/C22H21ClN2O3S2/c23-16-10-11-18(26)15(13-16)14-19-21(28)25(22(29)30-19)12-6-2-5-9-20(27)24-17-7-3-1-4-8-17/h1,3-4,7-8,10-11,13-14,26H,2,5-6,9,12H2,(H,24,27)/b19-14-. The third-order valence-electron chi connectivity index (χ3n) is 4.49. The van der Waals surface area contributed by atoms with Crippen molar-refractivity contribution < 1.29 is 14.7 Å². The van der Waals surface area contributed by atoms with Gasteiger partial charge in [-0.25, -0.2) is 0 Å². The van der Waals surface area contributed by atoms with Gasteiger partial charge in [-0.2, -0.15) is 0 Å². The van der Waals surface area contributed by atoms with Gasteiger partial charge in [0, 0.05) is 29.2 Å². The fraction of sp³-hybridized carbons (Fsp3) is 0.227. The Morgan fingerprint density at radius 1 is 1.17 bits per heavy atom. The maximum atomic E-state index is 12.7. The molecular weight excluding hydrogens is 440 g/mol. The van der Waals surface area contributed by atoms with E-state index in [9.17, 15) is 14.7 Å². The molecular formula is C22H21ClN2O3S2. The van der Waals surface area contributed by atoms with Gasteiger partial charge in [0.05, 0.1) is 4.91 Å². The predicted octanol–water partition coefficient (Wildman–Crippen LogP) is 5.45. The second-order valence-electron chi connectivity index (χ2n) is 6.76. The third kappa shape index (κ3) is 6.08. The van der Waals surface area contributed by atoms with Crippen molar-refractivity contribution in [2.75, 3.05) is 11.9 Å². The molecule has 0 radical (unpaired) electrons. The zero-order valence-corrected chi connectivity index (χ0v) is 18.5. The first-order valence-electron chi connectivity index (χ1n) is 9.53. The molecule has 1 fully saturated rings. The van der Waals surface area contributed by atoms with E-state index in [1.165, 1.54) is 17.8 Å². The lowest BCUT2D eigenvalue weighted by molar-refractivity contribution is -0.122. The quantitative estimate of drug-likeness (QED) is 0.311. The van der Waals surface area contributed by atoms with Crippen LogP contribution in [0.3, 0.4) is 0 Å². The van der Waals surface area contributed by atoms with Crippen LogP contribution in [-0.2, 0) is 9.59 Å². The highest BCUT2D eigenvalue weighted by atomic mass is 35.5. The Morgan fingerprint density at radius 2 is 1.93 bits per heavy atom. The number of hydrogen-bond acceptors (Lipinski definition) is 5. The molecule has 2 amide bonds. The van der Waals surface area contributed by atoms with E-state index in [0.29, 0.717) is 32.8 Å². The number of amides is 2. The molecule has 1 heterocycles. The predicted molar refractivity (Wildman–Crippen MR) is 127 cm³/mol. The van der Waals surface area contributed by atoms with Gasteiger partial charge in [0.1, 0.15) is 10.1 Å². The smallest absolute Gasteiger partial charge is 0.266 e. The van der Waals surface area contributed by atoms with Crippen molar-refractivity contribution in [1.29, 1.82) is 0 Å². The molecule has 1 aliphatic heterocycles. The number of unbranched alkanes of at least 4 members (excludes halogenated alkanes) is 2. The molecule has 2 aromatic carbocycles. The lowest BCUT2D eigenvalue weighted by atomic mass is 10.1. The van der Waals surface area contributed by atoms with Crippen molar-refractivity contribution in [3.63, 3.8) is 0 Å². The van der Waals surface area contributed by atoms with Crippen molar-refractivity contribution in [2.24, 2.45) is 0 Å². The van der Waals surface area contributed by atoms with Gasteiger partial charge < -0.3 is 10.4 Å². The first kappa shape index (κ1) is 22.3. The van der Waals surface area contributed by atoms with E-state index in [0.717, 1.165) is 24.9 Å². The summed E-state index contributed by atoms with van der Waals surface area (Å²) >= 11 is 12.5. The Morgan fingerprint density at radius 3 is 2.70 bits per heavy atom. The molecule has 0 saturated carbocycles. The molecule has 30 heavy (non-hydrogen) atoms. The number of thioether (sulfide) groups is 1. The van der Waals surface area contributed by atoms with Crippen LogP contribution in [0.5, 0.6) is 5.75 Å². The average molecular weight is 461 g/mol. The van der Waals surface area contributed by atoms with Crippen molar-refractivity contribution in [1.82, 2.24) is 4.90 Å². The van der Waals surface area contributed by atoms with Crippen LogP contribution in [-0.4, -0.2) is 32.7 Å². The van der Waals surface area contributed by atoms with E-state index < -0.39 is 0 Å². The van der Waals surface area contributed by atoms with Crippen molar-refractivity contribution >= 4 is 63.5 Å². The van der Waals surface area contributed by atoms with Crippen LogP contribution in [0, 0.1) is 0 Å². The fourth-order valence-corrected chi connectivity index (χ4v) is 4.43. The molecule has 1 saturated heterocycles. The largest absolute Gasteiger partial charge is 0.507 e. The number of carbonyl (C=O) groups excluding carboxylic acids is 2. The average Bonchev–Trinajstić information content (AvgIpc) is 2.98. The SMILES string of the molecule is O=C(CCCCCN1C(=O)/C(=C/c2cc(Cl)ccc2O)SC1=S)Nc1ccccc1. The number of para-hydroxylation sites is 1. The van der Waals surface area contributed by atoms with Crippen LogP contribution in [0.2, 0.25) is 5.02 Å². The van der Waals surface area contributed by atoms with Crippen molar-refractivity contribution in [3.8, 4) is 5.75 Å². The summed E-state index contributed by atoms with van der Waals surface area (Å²) in [6, 6.07) is 14.0. The van der Waals surface area contributed by atoms with Gasteiger partial charge in [-0.05, 0) is 49.2 Å². The van der Waals surface area contributed by atoms with Crippen molar-refractivity contribution in [3.05, 3.63) is 64.0 Å². The van der Waals surface area contributed by atoms with Gasteiger partial charge in [0.2, 0.25) is 5.91 Å². The van der Waals surface area contributed by atoms with Gasteiger partial charge >= 0.3 is 0 Å². The molecule has 0 unspecified atom stereocenters. The second kappa shape index (κ2) is 10.6. The summed E-state index contributed by atoms with van der Waals surface area (Å²) in [5.74, 6) is -0.138. The summed E-state index contributed by atoms with van der Waals surface area (Å²) in [6.45, 7) is 0.504. The molecule has 8 heteroatoms. The Bertz CT molecular complexity index is 980. The maximum Gasteiger partial charge on any atom is 0.266 e. The third-order valence-corrected chi connectivity index (χ3v) is 6.11. The topological polar surface area (TPSA) is 69.6 Å². The van der Waals surface area contributed by atoms with Gasteiger partial charge in [0.15, 0.2) is 0 Å². The van der Waals surface area contributed by atoms with Crippen LogP contribution < -0.4 is 5.32 Å². The van der Waals surface area contributed by atoms with Gasteiger partial charge in [0.25, 0.3) is 5.91 Å². The van der Waals surface area contributed by atoms with Crippen LogP contribution in [0.4, 0.5) is 5.69 Å². The highest BCUT2D eigenvalue weighted by Crippen LogP contribution is 2.34. The summed E-state index contributed by atoms with van der Waals surface area (Å²) < 4.78 is 0.495. The van der Waals surface area contributed by atoms with Crippen molar-refractivity contribution in [2.45, 2.75) is 25.7 Å². The van der Waals surface area contributed by atoms with Crippen LogP contribution in [0.25, 0.3) is 6.08 Å². The summed E-state index contributed by atoms with van der Waals surface area (Å²) in [7, 11) is 0. The Balaban J connectivity index is 1.45. The zero-order valence-electron chi connectivity index (χ0n) is 16.1. The molecule has 156 valence electrons. The summed E-state index contributed by atoms with van der Waals surface area (Å²) in [4.78, 5) is 26.7. The highest BCUT2D eigenvalue weighted by molar-refractivity contribution is 8.26. The van der Waals surface area contributed by atoms with Gasteiger partial charge in [-0.15, -0.1) is 0 Å². The lowest BCUT2D eigenvalue weighted by Gasteiger charge is -2.14. The monoisotopic (exact) mass is 460 g/mol. The van der Waals surface area contributed by atoms with E-state index >= 15 is 0 Å². The lowest BCUT2D eigenvalue weighted by Crippen LogP contribution is -2.29. The number of hydrogen-bond donors (Lipinski definition) is 2. The molecule has 0 aliphatic carbocycles. The number of thiocarbonyl (C=S) groups is 1. The van der Waals surface area contributed by atoms with E-state index in [1.807, 2.05) is 30.3 Å². The normalized spacial score (nSPS) is 15.1. The fourth-order valence-electron chi connectivity index (χ4n) is 2.95. The molecule has 2 aromatic rings. The molecule has 0 aromatic heterocycles. The molecule has 0 spiro atoms. The number of aromatic hydroxyl groups is 1. The minimum Gasteiger partial charge on any atom is -0.507 e. The molecule has 1 aliphatic rings. The first-order chi connectivity index (χ1) is 14.4. The summed E-state index contributed by atoms with van der Waals surface area (Å²) in [6.07, 6.45) is 4.34. The molecule has 3 rings (SSSR count).